The quantitative estimate of drug-likeness (QED) is 0.886. The second-order valence-corrected chi connectivity index (χ2v) is 5.90. The summed E-state index contributed by atoms with van der Waals surface area (Å²) in [7, 11) is 2.00. The summed E-state index contributed by atoms with van der Waals surface area (Å²) < 4.78 is 1.15. The minimum Gasteiger partial charge on any atom is -0.323 e. The third kappa shape index (κ3) is 1.89. The van der Waals surface area contributed by atoms with Gasteiger partial charge in [-0.2, -0.15) is 0 Å². The highest BCUT2D eigenvalue weighted by molar-refractivity contribution is 9.10. The Morgan fingerprint density at radius 3 is 2.86 bits per heavy atom. The molecule has 0 bridgehead atoms. The predicted molar refractivity (Wildman–Crippen MR) is 64.5 cm³/mol. The minimum atomic E-state index is 0.200. The molecule has 1 aromatic rings. The topological polar surface area (TPSA) is 38.0 Å². The van der Waals surface area contributed by atoms with Gasteiger partial charge in [-0.25, -0.2) is 0 Å². The Bertz CT molecular complexity index is 320. The molecule has 3 N–H and O–H groups in total. The van der Waals surface area contributed by atoms with E-state index in [0.717, 1.165) is 11.0 Å². The molecule has 4 heteroatoms. The zero-order valence-electron chi connectivity index (χ0n) is 8.22. The van der Waals surface area contributed by atoms with Gasteiger partial charge >= 0.3 is 0 Å². The van der Waals surface area contributed by atoms with Crippen LogP contribution in [0.2, 0.25) is 0 Å². The largest absolute Gasteiger partial charge is 0.323 e. The van der Waals surface area contributed by atoms with Crippen LogP contribution in [0.3, 0.4) is 0 Å². The van der Waals surface area contributed by atoms with E-state index in [1.54, 1.807) is 11.3 Å². The highest BCUT2D eigenvalue weighted by Gasteiger charge is 2.48. The Kier molecular flexibility index (Phi) is 2.98. The summed E-state index contributed by atoms with van der Waals surface area (Å²) >= 11 is 5.22. The number of rotatable bonds is 4. The normalized spacial score (nSPS) is 20.8. The van der Waals surface area contributed by atoms with Gasteiger partial charge in [0, 0.05) is 32.7 Å². The lowest BCUT2D eigenvalue weighted by Crippen LogP contribution is -2.30. The van der Waals surface area contributed by atoms with Crippen molar-refractivity contribution in [1.82, 2.24) is 5.32 Å². The molecule has 1 aromatic heterocycles. The van der Waals surface area contributed by atoms with Crippen molar-refractivity contribution in [2.75, 3.05) is 13.6 Å². The van der Waals surface area contributed by atoms with Gasteiger partial charge in [-0.1, -0.05) is 0 Å². The number of nitrogens with two attached hydrogens (primary N) is 1. The summed E-state index contributed by atoms with van der Waals surface area (Å²) in [5.41, 5.74) is 6.62. The highest BCUT2D eigenvalue weighted by atomic mass is 79.9. The minimum absolute atomic E-state index is 0.200. The van der Waals surface area contributed by atoms with Crippen molar-refractivity contribution in [2.24, 2.45) is 11.1 Å². The molecular formula is C10H15BrN2S. The van der Waals surface area contributed by atoms with Crippen LogP contribution in [-0.4, -0.2) is 13.6 Å². The van der Waals surface area contributed by atoms with E-state index < -0.39 is 0 Å². The van der Waals surface area contributed by atoms with Crippen LogP contribution in [0.4, 0.5) is 0 Å². The van der Waals surface area contributed by atoms with E-state index in [2.05, 4.69) is 32.7 Å². The standard InChI is InChI=1S/C10H15BrN2S/c1-13-6-10(2-3-10)9(12)8-4-7(11)5-14-8/h4-5,9,13H,2-3,6,12H2,1H3. The molecule has 78 valence electrons. The van der Waals surface area contributed by atoms with Crippen molar-refractivity contribution in [3.8, 4) is 0 Å². The molecule has 2 nitrogen and oxygen atoms in total. The first-order chi connectivity index (χ1) is 6.68. The van der Waals surface area contributed by atoms with E-state index in [1.807, 2.05) is 7.05 Å². The second kappa shape index (κ2) is 3.93. The molecule has 1 aliphatic carbocycles. The average molecular weight is 275 g/mol. The zero-order valence-corrected chi connectivity index (χ0v) is 10.6. The summed E-state index contributed by atoms with van der Waals surface area (Å²) in [5, 5.41) is 5.34. The predicted octanol–water partition coefficient (Wildman–Crippen LogP) is 2.51. The van der Waals surface area contributed by atoms with Gasteiger partial charge in [-0.05, 0) is 41.9 Å². The molecule has 0 amide bonds. The third-order valence-electron chi connectivity index (χ3n) is 2.98. The van der Waals surface area contributed by atoms with E-state index in [-0.39, 0.29) is 6.04 Å². The van der Waals surface area contributed by atoms with Crippen LogP contribution in [-0.2, 0) is 0 Å². The molecule has 1 atom stereocenters. The monoisotopic (exact) mass is 274 g/mol. The fraction of sp³-hybridized carbons (Fsp3) is 0.600. The fourth-order valence-electron chi connectivity index (χ4n) is 1.90. The summed E-state index contributed by atoms with van der Waals surface area (Å²) in [6.07, 6.45) is 2.51. The van der Waals surface area contributed by atoms with Gasteiger partial charge < -0.3 is 11.1 Å². The van der Waals surface area contributed by atoms with E-state index in [0.29, 0.717) is 5.41 Å². The van der Waals surface area contributed by atoms with Crippen molar-refractivity contribution >= 4 is 27.3 Å². The van der Waals surface area contributed by atoms with Gasteiger partial charge in [-0.3, -0.25) is 0 Å². The lowest BCUT2D eigenvalue weighted by molar-refractivity contribution is 0.397. The molecular weight excluding hydrogens is 260 g/mol. The summed E-state index contributed by atoms with van der Waals surface area (Å²) in [6.45, 7) is 1.03. The maximum absolute atomic E-state index is 6.28. The Morgan fingerprint density at radius 1 is 1.71 bits per heavy atom. The molecule has 0 spiro atoms. The Hall–Kier alpha value is 0.1000. The van der Waals surface area contributed by atoms with Crippen molar-refractivity contribution in [2.45, 2.75) is 18.9 Å². The van der Waals surface area contributed by atoms with Crippen LogP contribution >= 0.6 is 27.3 Å². The molecule has 14 heavy (non-hydrogen) atoms. The molecule has 0 aromatic carbocycles. The fourth-order valence-corrected chi connectivity index (χ4v) is 3.49. The van der Waals surface area contributed by atoms with Gasteiger partial charge in [-0.15, -0.1) is 11.3 Å². The lowest BCUT2D eigenvalue weighted by atomic mass is 9.96. The molecule has 1 heterocycles. The number of hydrogen-bond donors (Lipinski definition) is 2. The summed E-state index contributed by atoms with van der Waals surface area (Å²) in [5.74, 6) is 0. The molecule has 1 saturated carbocycles. The van der Waals surface area contributed by atoms with Crippen LogP contribution in [0, 0.1) is 5.41 Å². The van der Waals surface area contributed by atoms with Gasteiger partial charge in [0.1, 0.15) is 0 Å². The molecule has 1 unspecified atom stereocenters. The smallest absolute Gasteiger partial charge is 0.0459 e. The summed E-state index contributed by atoms with van der Waals surface area (Å²) in [4.78, 5) is 1.30. The number of halogens is 1. The van der Waals surface area contributed by atoms with Crippen LogP contribution < -0.4 is 11.1 Å². The van der Waals surface area contributed by atoms with Gasteiger partial charge in [0.05, 0.1) is 0 Å². The van der Waals surface area contributed by atoms with Crippen LogP contribution in [0.25, 0.3) is 0 Å². The van der Waals surface area contributed by atoms with Crippen molar-refractivity contribution < 1.29 is 0 Å². The number of hydrogen-bond acceptors (Lipinski definition) is 3. The first kappa shape index (κ1) is 10.6. The number of thiophene rings is 1. The Balaban J connectivity index is 2.11. The molecule has 1 aliphatic rings. The SMILES string of the molecule is CNCC1(C(N)c2cc(Br)cs2)CC1. The van der Waals surface area contributed by atoms with Crippen molar-refractivity contribution in [3.63, 3.8) is 0 Å². The average Bonchev–Trinajstić information content (AvgIpc) is 2.81. The molecule has 0 radical (unpaired) electrons. The van der Waals surface area contributed by atoms with Crippen LogP contribution in [0.1, 0.15) is 23.8 Å². The molecule has 0 saturated heterocycles. The van der Waals surface area contributed by atoms with Gasteiger partial charge in [0.25, 0.3) is 0 Å². The van der Waals surface area contributed by atoms with Crippen LogP contribution in [0.15, 0.2) is 15.9 Å². The van der Waals surface area contributed by atoms with Gasteiger partial charge in [0.2, 0.25) is 0 Å². The van der Waals surface area contributed by atoms with Crippen molar-refractivity contribution in [3.05, 3.63) is 20.8 Å². The van der Waals surface area contributed by atoms with E-state index in [1.165, 1.54) is 17.7 Å². The molecule has 2 rings (SSSR count). The summed E-state index contributed by atoms with van der Waals surface area (Å²) in [6, 6.07) is 2.34. The van der Waals surface area contributed by atoms with E-state index in [9.17, 15) is 0 Å². The van der Waals surface area contributed by atoms with Gasteiger partial charge in [0.15, 0.2) is 0 Å². The van der Waals surface area contributed by atoms with E-state index in [4.69, 9.17) is 5.73 Å². The Labute approximate surface area is 97.0 Å². The third-order valence-corrected chi connectivity index (χ3v) is 4.75. The molecule has 0 aliphatic heterocycles. The first-order valence-corrected chi connectivity index (χ1v) is 6.49. The van der Waals surface area contributed by atoms with E-state index >= 15 is 0 Å². The van der Waals surface area contributed by atoms with Crippen LogP contribution in [0.5, 0.6) is 0 Å². The maximum Gasteiger partial charge on any atom is 0.0459 e. The maximum atomic E-state index is 6.28. The first-order valence-electron chi connectivity index (χ1n) is 4.82. The Morgan fingerprint density at radius 2 is 2.43 bits per heavy atom. The van der Waals surface area contributed by atoms with Crippen molar-refractivity contribution in [1.29, 1.82) is 0 Å². The highest BCUT2D eigenvalue weighted by Crippen LogP contribution is 2.54. The lowest BCUT2D eigenvalue weighted by Gasteiger charge is -2.21. The zero-order chi connectivity index (χ0) is 10.2. The number of nitrogens with one attached hydrogen (secondary N) is 1. The molecule has 1 fully saturated rings. The second-order valence-electron chi connectivity index (χ2n) is 4.04.